The van der Waals surface area contributed by atoms with Crippen LogP contribution in [0, 0.1) is 11.8 Å². The number of hydrogen-bond donors (Lipinski definition) is 0. The number of benzene rings is 1. The van der Waals surface area contributed by atoms with E-state index in [4.69, 9.17) is 4.74 Å². The summed E-state index contributed by atoms with van der Waals surface area (Å²) < 4.78 is 5.40. The molecule has 3 fully saturated rings. The summed E-state index contributed by atoms with van der Waals surface area (Å²) in [4.78, 5) is 32.0. The zero-order valence-electron chi connectivity index (χ0n) is 18.7. The second-order valence-electron chi connectivity index (χ2n) is 9.34. The number of likely N-dealkylation sites (tertiary alicyclic amines) is 2. The van der Waals surface area contributed by atoms with Gasteiger partial charge in [0.05, 0.1) is 19.1 Å². The molecule has 0 aliphatic carbocycles. The molecular formula is C25H37N3O3. The standard InChI is InChI=1S/C25H37N3O3/c29-24-8-7-23(20-28(24)12-4-11-26-15-17-31-18-16-26)25(30)27-13-9-22(10-14-27)19-21-5-2-1-3-6-21/h1-3,5-6,22-23H,4,7-20H2/t23-/m0/s1. The van der Waals surface area contributed by atoms with E-state index in [9.17, 15) is 9.59 Å². The Morgan fingerprint density at radius 1 is 0.968 bits per heavy atom. The van der Waals surface area contributed by atoms with E-state index in [0.29, 0.717) is 25.3 Å². The van der Waals surface area contributed by atoms with Crippen molar-refractivity contribution in [3.05, 3.63) is 35.9 Å². The van der Waals surface area contributed by atoms with E-state index >= 15 is 0 Å². The van der Waals surface area contributed by atoms with Gasteiger partial charge in [-0.05, 0) is 43.6 Å². The third kappa shape index (κ3) is 6.30. The number of rotatable bonds is 7. The lowest BCUT2D eigenvalue weighted by Gasteiger charge is -2.38. The molecule has 1 aromatic carbocycles. The van der Waals surface area contributed by atoms with Crippen LogP contribution in [0.2, 0.25) is 0 Å². The fourth-order valence-corrected chi connectivity index (χ4v) is 5.21. The van der Waals surface area contributed by atoms with Crippen molar-refractivity contribution < 1.29 is 14.3 Å². The molecule has 31 heavy (non-hydrogen) atoms. The highest BCUT2D eigenvalue weighted by molar-refractivity contribution is 5.84. The molecule has 0 radical (unpaired) electrons. The SMILES string of the molecule is O=C1CC[C@H](C(=O)N2CCC(Cc3ccccc3)CC2)CN1CCCN1CCOCC1. The Balaban J connectivity index is 1.20. The van der Waals surface area contributed by atoms with E-state index in [1.165, 1.54) is 5.56 Å². The quantitative estimate of drug-likeness (QED) is 0.671. The van der Waals surface area contributed by atoms with Gasteiger partial charge in [0.25, 0.3) is 0 Å². The molecule has 1 atom stereocenters. The first kappa shape index (κ1) is 22.3. The Bertz CT molecular complexity index is 712. The van der Waals surface area contributed by atoms with Crippen molar-refractivity contribution in [1.82, 2.24) is 14.7 Å². The van der Waals surface area contributed by atoms with Crippen LogP contribution in [0.5, 0.6) is 0 Å². The van der Waals surface area contributed by atoms with Crippen LogP contribution in [-0.4, -0.2) is 85.5 Å². The van der Waals surface area contributed by atoms with Gasteiger partial charge < -0.3 is 14.5 Å². The smallest absolute Gasteiger partial charge is 0.227 e. The molecule has 0 saturated carbocycles. The van der Waals surface area contributed by atoms with Gasteiger partial charge in [-0.3, -0.25) is 14.5 Å². The van der Waals surface area contributed by atoms with Crippen molar-refractivity contribution in [2.24, 2.45) is 11.8 Å². The first-order chi connectivity index (χ1) is 15.2. The van der Waals surface area contributed by atoms with Gasteiger partial charge >= 0.3 is 0 Å². The van der Waals surface area contributed by atoms with Crippen LogP contribution < -0.4 is 0 Å². The number of carbonyl (C=O) groups excluding carboxylic acids is 2. The zero-order chi connectivity index (χ0) is 21.5. The zero-order valence-corrected chi connectivity index (χ0v) is 18.7. The third-order valence-corrected chi connectivity index (χ3v) is 7.15. The second kappa shape index (κ2) is 11.1. The van der Waals surface area contributed by atoms with E-state index in [1.807, 2.05) is 4.90 Å². The Morgan fingerprint density at radius 3 is 2.45 bits per heavy atom. The van der Waals surface area contributed by atoms with Gasteiger partial charge in [0.2, 0.25) is 11.8 Å². The molecule has 6 nitrogen and oxygen atoms in total. The molecular weight excluding hydrogens is 390 g/mol. The third-order valence-electron chi connectivity index (χ3n) is 7.15. The summed E-state index contributed by atoms with van der Waals surface area (Å²) >= 11 is 0. The number of piperidine rings is 2. The minimum Gasteiger partial charge on any atom is -0.379 e. The van der Waals surface area contributed by atoms with Crippen molar-refractivity contribution in [2.75, 3.05) is 59.0 Å². The van der Waals surface area contributed by atoms with Crippen LogP contribution >= 0.6 is 0 Å². The molecule has 3 aliphatic heterocycles. The van der Waals surface area contributed by atoms with E-state index in [0.717, 1.165) is 78.2 Å². The van der Waals surface area contributed by atoms with Gasteiger partial charge in [0.15, 0.2) is 0 Å². The molecule has 0 aromatic heterocycles. The molecule has 3 saturated heterocycles. The van der Waals surface area contributed by atoms with Crippen molar-refractivity contribution in [3.63, 3.8) is 0 Å². The average molecular weight is 428 g/mol. The highest BCUT2D eigenvalue weighted by Gasteiger charge is 2.34. The molecule has 0 unspecified atom stereocenters. The second-order valence-corrected chi connectivity index (χ2v) is 9.34. The lowest BCUT2D eigenvalue weighted by Crippen LogP contribution is -2.49. The lowest BCUT2D eigenvalue weighted by atomic mass is 9.89. The minimum absolute atomic E-state index is 0.0215. The summed E-state index contributed by atoms with van der Waals surface area (Å²) in [5, 5.41) is 0. The van der Waals surface area contributed by atoms with E-state index in [1.54, 1.807) is 0 Å². The van der Waals surface area contributed by atoms with Crippen molar-refractivity contribution in [3.8, 4) is 0 Å². The van der Waals surface area contributed by atoms with Gasteiger partial charge in [0.1, 0.15) is 0 Å². The Labute approximate surface area is 186 Å². The maximum Gasteiger partial charge on any atom is 0.227 e. The van der Waals surface area contributed by atoms with Crippen molar-refractivity contribution in [2.45, 2.75) is 38.5 Å². The molecule has 170 valence electrons. The van der Waals surface area contributed by atoms with Gasteiger partial charge in [0, 0.05) is 52.2 Å². The van der Waals surface area contributed by atoms with Crippen molar-refractivity contribution >= 4 is 11.8 Å². The van der Waals surface area contributed by atoms with Crippen LogP contribution in [0.15, 0.2) is 30.3 Å². The first-order valence-electron chi connectivity index (χ1n) is 12.1. The summed E-state index contributed by atoms with van der Waals surface area (Å²) in [6.07, 6.45) is 5.46. The lowest BCUT2D eigenvalue weighted by molar-refractivity contribution is -0.144. The highest BCUT2D eigenvalue weighted by atomic mass is 16.5. The summed E-state index contributed by atoms with van der Waals surface area (Å²) in [5.41, 5.74) is 1.39. The number of carbonyl (C=O) groups is 2. The molecule has 6 heteroatoms. The topological polar surface area (TPSA) is 53.1 Å². The van der Waals surface area contributed by atoms with Crippen LogP contribution in [0.3, 0.4) is 0 Å². The summed E-state index contributed by atoms with van der Waals surface area (Å²) in [7, 11) is 0. The molecule has 0 bridgehead atoms. The van der Waals surface area contributed by atoms with Crippen LogP contribution in [-0.2, 0) is 20.7 Å². The Hall–Kier alpha value is -1.92. The maximum atomic E-state index is 13.2. The molecule has 0 N–H and O–H groups in total. The molecule has 1 aromatic rings. The van der Waals surface area contributed by atoms with Crippen LogP contribution in [0.1, 0.15) is 37.7 Å². The van der Waals surface area contributed by atoms with E-state index in [-0.39, 0.29) is 17.7 Å². The number of hydrogen-bond acceptors (Lipinski definition) is 4. The Kier molecular flexibility index (Phi) is 7.97. The number of ether oxygens (including phenoxy) is 1. The molecule has 0 spiro atoms. The summed E-state index contributed by atoms with van der Waals surface area (Å²) in [6.45, 7) is 7.66. The fraction of sp³-hybridized carbons (Fsp3) is 0.680. The number of nitrogens with zero attached hydrogens (tertiary/aromatic N) is 3. The summed E-state index contributed by atoms with van der Waals surface area (Å²) in [6, 6.07) is 10.7. The van der Waals surface area contributed by atoms with E-state index < -0.39 is 0 Å². The van der Waals surface area contributed by atoms with Crippen LogP contribution in [0.25, 0.3) is 0 Å². The average Bonchev–Trinajstić information content (AvgIpc) is 2.82. The summed E-state index contributed by atoms with van der Waals surface area (Å²) in [5.74, 6) is 1.12. The van der Waals surface area contributed by atoms with E-state index in [2.05, 4.69) is 40.1 Å². The minimum atomic E-state index is -0.0215. The molecule has 2 amide bonds. The highest BCUT2D eigenvalue weighted by Crippen LogP contribution is 2.26. The predicted octanol–water partition coefficient (Wildman–Crippen LogP) is 2.43. The molecule has 3 heterocycles. The maximum absolute atomic E-state index is 13.2. The monoisotopic (exact) mass is 427 g/mol. The molecule has 4 rings (SSSR count). The largest absolute Gasteiger partial charge is 0.379 e. The number of amides is 2. The van der Waals surface area contributed by atoms with Gasteiger partial charge in [-0.2, -0.15) is 0 Å². The molecule has 3 aliphatic rings. The Morgan fingerprint density at radius 2 is 1.71 bits per heavy atom. The normalized spacial score (nSPS) is 23.9. The van der Waals surface area contributed by atoms with Crippen molar-refractivity contribution in [1.29, 1.82) is 0 Å². The van der Waals surface area contributed by atoms with Gasteiger partial charge in [-0.15, -0.1) is 0 Å². The number of morpholine rings is 1. The van der Waals surface area contributed by atoms with Gasteiger partial charge in [-0.1, -0.05) is 30.3 Å². The van der Waals surface area contributed by atoms with Gasteiger partial charge in [-0.25, -0.2) is 0 Å². The fourth-order valence-electron chi connectivity index (χ4n) is 5.21. The first-order valence-corrected chi connectivity index (χ1v) is 12.1. The predicted molar refractivity (Wildman–Crippen MR) is 121 cm³/mol. The van der Waals surface area contributed by atoms with Crippen LogP contribution in [0.4, 0.5) is 0 Å².